The van der Waals surface area contributed by atoms with Gasteiger partial charge in [-0.25, -0.2) is 0 Å². The van der Waals surface area contributed by atoms with Crippen molar-refractivity contribution in [1.29, 1.82) is 0 Å². The van der Waals surface area contributed by atoms with E-state index in [4.69, 9.17) is 9.47 Å². The molecule has 1 aromatic rings. The zero-order chi connectivity index (χ0) is 15.9. The van der Waals surface area contributed by atoms with E-state index in [0.29, 0.717) is 30.3 Å². The van der Waals surface area contributed by atoms with Crippen LogP contribution in [0.4, 0.5) is 0 Å². The maximum atomic E-state index is 12.3. The molecule has 21 heavy (non-hydrogen) atoms. The number of amides is 1. The molecule has 0 fully saturated rings. The average molecular weight is 358 g/mol. The van der Waals surface area contributed by atoms with Crippen molar-refractivity contribution in [2.75, 3.05) is 18.5 Å². The first-order valence-corrected chi connectivity index (χ1v) is 8.33. The lowest BCUT2D eigenvalue weighted by atomic mass is 10.0. The van der Waals surface area contributed by atoms with E-state index >= 15 is 0 Å². The molecule has 5 heteroatoms. The summed E-state index contributed by atoms with van der Waals surface area (Å²) in [6.07, 6.45) is 0.855. The number of rotatable bonds is 8. The lowest BCUT2D eigenvalue weighted by molar-refractivity contribution is 0.0911. The van der Waals surface area contributed by atoms with Crippen LogP contribution in [0, 0.1) is 0 Å². The third kappa shape index (κ3) is 5.58. The molecule has 0 bridgehead atoms. The van der Waals surface area contributed by atoms with Crippen molar-refractivity contribution in [3.63, 3.8) is 0 Å². The zero-order valence-corrected chi connectivity index (χ0v) is 14.7. The number of ether oxygens (including phenoxy) is 2. The summed E-state index contributed by atoms with van der Waals surface area (Å²) in [7, 11) is 0. The number of alkyl halides is 1. The molecule has 0 heterocycles. The van der Waals surface area contributed by atoms with Crippen molar-refractivity contribution in [3.05, 3.63) is 23.8 Å². The molecule has 1 N–H and O–H groups in total. The van der Waals surface area contributed by atoms with Crippen LogP contribution in [0.3, 0.4) is 0 Å². The number of nitrogens with one attached hydrogen (secondary N) is 1. The first kappa shape index (κ1) is 17.8. The summed E-state index contributed by atoms with van der Waals surface area (Å²) in [4.78, 5) is 12.3. The minimum Gasteiger partial charge on any atom is -0.490 e. The highest BCUT2D eigenvalue weighted by Gasteiger charge is 2.21. The van der Waals surface area contributed by atoms with Gasteiger partial charge in [0.1, 0.15) is 0 Å². The Hall–Kier alpha value is -1.23. The van der Waals surface area contributed by atoms with Crippen LogP contribution in [0.1, 0.15) is 44.5 Å². The van der Waals surface area contributed by atoms with Gasteiger partial charge in [0.05, 0.1) is 13.2 Å². The largest absolute Gasteiger partial charge is 0.490 e. The highest BCUT2D eigenvalue weighted by molar-refractivity contribution is 9.09. The second-order valence-electron chi connectivity index (χ2n) is 5.30. The number of hydrogen-bond acceptors (Lipinski definition) is 3. The van der Waals surface area contributed by atoms with Gasteiger partial charge in [0.15, 0.2) is 11.5 Å². The van der Waals surface area contributed by atoms with Gasteiger partial charge in [0, 0.05) is 16.4 Å². The molecule has 4 nitrogen and oxygen atoms in total. The third-order valence-electron chi connectivity index (χ3n) is 2.98. The zero-order valence-electron chi connectivity index (χ0n) is 13.2. The highest BCUT2D eigenvalue weighted by Crippen LogP contribution is 2.28. The van der Waals surface area contributed by atoms with Gasteiger partial charge < -0.3 is 14.8 Å². The van der Waals surface area contributed by atoms with Crippen molar-refractivity contribution in [2.45, 2.75) is 39.7 Å². The SMILES string of the molecule is CCOc1ccc(C(=O)NC(C)(C)CCBr)cc1OCC. The fourth-order valence-corrected chi connectivity index (χ4v) is 2.86. The molecule has 118 valence electrons. The number of benzene rings is 1. The second-order valence-corrected chi connectivity index (χ2v) is 6.10. The highest BCUT2D eigenvalue weighted by atomic mass is 79.9. The molecule has 0 aliphatic carbocycles. The average Bonchev–Trinajstić information content (AvgIpc) is 2.40. The van der Waals surface area contributed by atoms with Gasteiger partial charge in [-0.05, 0) is 52.3 Å². The predicted molar refractivity (Wildman–Crippen MR) is 88.7 cm³/mol. The fourth-order valence-electron chi connectivity index (χ4n) is 1.87. The maximum absolute atomic E-state index is 12.3. The Morgan fingerprint density at radius 3 is 2.38 bits per heavy atom. The van der Waals surface area contributed by atoms with Crippen LogP contribution in [-0.4, -0.2) is 30.0 Å². The van der Waals surface area contributed by atoms with E-state index in [0.717, 1.165) is 11.8 Å². The van der Waals surface area contributed by atoms with Crippen molar-refractivity contribution < 1.29 is 14.3 Å². The Morgan fingerprint density at radius 1 is 1.19 bits per heavy atom. The van der Waals surface area contributed by atoms with Gasteiger partial charge in [0.25, 0.3) is 5.91 Å². The summed E-state index contributed by atoms with van der Waals surface area (Å²) in [6.45, 7) is 8.92. The van der Waals surface area contributed by atoms with E-state index in [2.05, 4.69) is 21.2 Å². The molecule has 1 amide bonds. The molecular weight excluding hydrogens is 334 g/mol. The van der Waals surface area contributed by atoms with E-state index in [1.54, 1.807) is 18.2 Å². The van der Waals surface area contributed by atoms with Crippen LogP contribution in [0.2, 0.25) is 0 Å². The lowest BCUT2D eigenvalue weighted by Crippen LogP contribution is -2.43. The van der Waals surface area contributed by atoms with Gasteiger partial charge in [-0.15, -0.1) is 0 Å². The minimum atomic E-state index is -0.259. The van der Waals surface area contributed by atoms with Crippen LogP contribution >= 0.6 is 15.9 Å². The number of hydrogen-bond donors (Lipinski definition) is 1. The molecule has 1 aromatic carbocycles. The van der Waals surface area contributed by atoms with E-state index < -0.39 is 0 Å². The predicted octanol–water partition coefficient (Wildman–Crippen LogP) is 3.78. The van der Waals surface area contributed by atoms with Crippen LogP contribution in [0.25, 0.3) is 0 Å². The van der Waals surface area contributed by atoms with Crippen molar-refractivity contribution in [1.82, 2.24) is 5.32 Å². The molecule has 0 unspecified atom stereocenters. The summed E-state index contributed by atoms with van der Waals surface area (Å²) in [5.41, 5.74) is 0.315. The van der Waals surface area contributed by atoms with Gasteiger partial charge in [-0.1, -0.05) is 15.9 Å². The van der Waals surface area contributed by atoms with Crippen molar-refractivity contribution in [3.8, 4) is 11.5 Å². The third-order valence-corrected chi connectivity index (χ3v) is 3.37. The van der Waals surface area contributed by atoms with Crippen molar-refractivity contribution in [2.24, 2.45) is 0 Å². The molecule has 0 aliphatic heterocycles. The van der Waals surface area contributed by atoms with Gasteiger partial charge in [0.2, 0.25) is 0 Å². The summed E-state index contributed by atoms with van der Waals surface area (Å²) < 4.78 is 11.0. The summed E-state index contributed by atoms with van der Waals surface area (Å²) >= 11 is 3.40. The Labute approximate surface area is 135 Å². The molecule has 0 aromatic heterocycles. The summed E-state index contributed by atoms with van der Waals surface area (Å²) in [6, 6.07) is 5.27. The van der Waals surface area contributed by atoms with Crippen LogP contribution in [-0.2, 0) is 0 Å². The molecule has 0 spiro atoms. The Balaban J connectivity index is 2.92. The molecule has 0 radical (unpaired) electrons. The topological polar surface area (TPSA) is 47.6 Å². The number of carbonyl (C=O) groups excluding carboxylic acids is 1. The first-order chi connectivity index (χ1) is 9.93. The standard InChI is InChI=1S/C16H24BrNO3/c1-5-20-13-8-7-12(11-14(13)21-6-2)15(19)18-16(3,4)9-10-17/h7-8,11H,5-6,9-10H2,1-4H3,(H,18,19). The molecule has 0 saturated carbocycles. The van der Waals surface area contributed by atoms with E-state index in [1.807, 2.05) is 27.7 Å². The van der Waals surface area contributed by atoms with Gasteiger partial charge >= 0.3 is 0 Å². The Kier molecular flexibility index (Phi) is 7.02. The monoisotopic (exact) mass is 357 g/mol. The number of halogens is 1. The molecule has 0 aliphatic rings. The van der Waals surface area contributed by atoms with E-state index in [-0.39, 0.29) is 11.4 Å². The summed E-state index contributed by atoms with van der Waals surface area (Å²) in [5.74, 6) is 1.16. The smallest absolute Gasteiger partial charge is 0.251 e. The van der Waals surface area contributed by atoms with Crippen LogP contribution < -0.4 is 14.8 Å². The molecule has 0 atom stereocenters. The molecule has 1 rings (SSSR count). The summed E-state index contributed by atoms with van der Waals surface area (Å²) in [5, 5.41) is 3.87. The Bertz CT molecular complexity index is 475. The molecular formula is C16H24BrNO3. The maximum Gasteiger partial charge on any atom is 0.251 e. The second kappa shape index (κ2) is 8.27. The molecule has 0 saturated heterocycles. The van der Waals surface area contributed by atoms with Crippen LogP contribution in [0.5, 0.6) is 11.5 Å². The lowest BCUT2D eigenvalue weighted by Gasteiger charge is -2.25. The van der Waals surface area contributed by atoms with E-state index in [1.165, 1.54) is 0 Å². The van der Waals surface area contributed by atoms with E-state index in [9.17, 15) is 4.79 Å². The Morgan fingerprint density at radius 2 is 1.81 bits per heavy atom. The number of carbonyl (C=O) groups is 1. The van der Waals surface area contributed by atoms with Crippen LogP contribution in [0.15, 0.2) is 18.2 Å². The minimum absolute atomic E-state index is 0.107. The normalized spacial score (nSPS) is 11.1. The fraction of sp³-hybridized carbons (Fsp3) is 0.562. The van der Waals surface area contributed by atoms with Gasteiger partial charge in [-0.2, -0.15) is 0 Å². The quantitative estimate of drug-likeness (QED) is 0.720. The van der Waals surface area contributed by atoms with Crippen molar-refractivity contribution >= 4 is 21.8 Å². The van der Waals surface area contributed by atoms with Gasteiger partial charge in [-0.3, -0.25) is 4.79 Å². The first-order valence-electron chi connectivity index (χ1n) is 7.21.